The second-order valence-corrected chi connectivity index (χ2v) is 6.80. The molecule has 1 rings (SSSR count). The molecule has 0 spiro atoms. The molecule has 1 aromatic rings. The third-order valence-electron chi connectivity index (χ3n) is 2.67. The van der Waals surface area contributed by atoms with Crippen molar-refractivity contribution in [3.8, 4) is 6.07 Å². The topological polar surface area (TPSA) is 65.7 Å². The van der Waals surface area contributed by atoms with Gasteiger partial charge in [0.2, 0.25) is 9.74 Å². The molecule has 116 valence electrons. The van der Waals surface area contributed by atoms with E-state index in [1.165, 1.54) is 0 Å². The van der Waals surface area contributed by atoms with E-state index in [2.05, 4.69) is 21.0 Å². The molecule has 0 amide bonds. The number of hydrogen-bond donors (Lipinski definition) is 0. The van der Waals surface area contributed by atoms with Crippen LogP contribution in [0.5, 0.6) is 0 Å². The SMILES string of the molecule is CCCc1nc(N(CCC)CCC#N)nc(C(Cl)(Cl)Cl)n1. The molecule has 1 heterocycles. The Morgan fingerprint density at radius 2 is 1.81 bits per heavy atom. The number of alkyl halides is 3. The Hall–Kier alpha value is -0.830. The maximum absolute atomic E-state index is 8.76. The molecule has 0 aliphatic rings. The third-order valence-corrected chi connectivity index (χ3v) is 3.17. The van der Waals surface area contributed by atoms with Gasteiger partial charge in [-0.25, -0.2) is 4.98 Å². The summed E-state index contributed by atoms with van der Waals surface area (Å²) in [5.41, 5.74) is 0. The number of nitriles is 1. The van der Waals surface area contributed by atoms with Crippen LogP contribution in [0.3, 0.4) is 0 Å². The molecule has 21 heavy (non-hydrogen) atoms. The maximum atomic E-state index is 8.76. The minimum atomic E-state index is -1.69. The Kier molecular flexibility index (Phi) is 7.44. The van der Waals surface area contributed by atoms with Gasteiger partial charge in [-0.3, -0.25) is 0 Å². The number of rotatable bonds is 7. The molecule has 0 bridgehead atoms. The summed E-state index contributed by atoms with van der Waals surface area (Å²) in [6, 6.07) is 2.12. The zero-order valence-electron chi connectivity index (χ0n) is 12.1. The molecular weight excluding hydrogens is 333 g/mol. The van der Waals surface area contributed by atoms with E-state index < -0.39 is 3.79 Å². The van der Waals surface area contributed by atoms with Crippen molar-refractivity contribution in [3.63, 3.8) is 0 Å². The summed E-state index contributed by atoms with van der Waals surface area (Å²) in [4.78, 5) is 14.8. The lowest BCUT2D eigenvalue weighted by atomic mass is 10.3. The van der Waals surface area contributed by atoms with Gasteiger partial charge in [0, 0.05) is 19.5 Å². The minimum Gasteiger partial charge on any atom is -0.340 e. The predicted molar refractivity (Wildman–Crippen MR) is 85.8 cm³/mol. The van der Waals surface area contributed by atoms with E-state index >= 15 is 0 Å². The van der Waals surface area contributed by atoms with Gasteiger partial charge < -0.3 is 4.90 Å². The molecule has 1 aromatic heterocycles. The molecule has 0 aliphatic carbocycles. The highest BCUT2D eigenvalue weighted by atomic mass is 35.6. The van der Waals surface area contributed by atoms with Crippen LogP contribution in [-0.4, -0.2) is 28.0 Å². The van der Waals surface area contributed by atoms with Crippen LogP contribution in [0.1, 0.15) is 44.8 Å². The number of hydrogen-bond acceptors (Lipinski definition) is 5. The Bertz CT molecular complexity index is 496. The number of halogens is 3. The molecule has 8 heteroatoms. The van der Waals surface area contributed by atoms with E-state index in [4.69, 9.17) is 40.1 Å². The number of anilines is 1. The van der Waals surface area contributed by atoms with Crippen molar-refractivity contribution in [2.24, 2.45) is 0 Å². The van der Waals surface area contributed by atoms with Gasteiger partial charge in [-0.1, -0.05) is 48.7 Å². The van der Waals surface area contributed by atoms with Crippen molar-refractivity contribution in [2.75, 3.05) is 18.0 Å². The van der Waals surface area contributed by atoms with Crippen LogP contribution in [0.2, 0.25) is 0 Å². The summed E-state index contributed by atoms with van der Waals surface area (Å²) >= 11 is 17.7. The smallest absolute Gasteiger partial charge is 0.250 e. The zero-order valence-corrected chi connectivity index (χ0v) is 14.4. The quantitative estimate of drug-likeness (QED) is 0.700. The lowest BCUT2D eigenvalue weighted by molar-refractivity contribution is 0.707. The van der Waals surface area contributed by atoms with E-state index in [0.29, 0.717) is 31.2 Å². The van der Waals surface area contributed by atoms with E-state index in [1.807, 2.05) is 18.7 Å². The molecular formula is C13H18Cl3N5. The van der Waals surface area contributed by atoms with E-state index in [1.54, 1.807) is 0 Å². The van der Waals surface area contributed by atoms with Gasteiger partial charge in [0.05, 0.1) is 12.5 Å². The van der Waals surface area contributed by atoms with Gasteiger partial charge in [-0.05, 0) is 12.8 Å². The Morgan fingerprint density at radius 1 is 1.10 bits per heavy atom. The van der Waals surface area contributed by atoms with Gasteiger partial charge in [-0.15, -0.1) is 0 Å². The molecule has 0 unspecified atom stereocenters. The summed E-state index contributed by atoms with van der Waals surface area (Å²) < 4.78 is -1.69. The van der Waals surface area contributed by atoms with Gasteiger partial charge in [-0.2, -0.15) is 15.2 Å². The molecule has 0 radical (unpaired) electrons. The molecule has 0 N–H and O–H groups in total. The summed E-state index contributed by atoms with van der Waals surface area (Å²) in [5, 5.41) is 8.76. The second-order valence-electron chi connectivity index (χ2n) is 4.52. The second kappa shape index (κ2) is 8.57. The van der Waals surface area contributed by atoms with Crippen molar-refractivity contribution < 1.29 is 0 Å². The number of nitrogens with zero attached hydrogens (tertiary/aromatic N) is 5. The van der Waals surface area contributed by atoms with Gasteiger partial charge >= 0.3 is 0 Å². The van der Waals surface area contributed by atoms with Gasteiger partial charge in [0.1, 0.15) is 5.82 Å². The fraction of sp³-hybridized carbons (Fsp3) is 0.692. The third kappa shape index (κ3) is 5.82. The first-order chi connectivity index (χ1) is 9.92. The first-order valence-electron chi connectivity index (χ1n) is 6.86. The average Bonchev–Trinajstić information content (AvgIpc) is 2.42. The van der Waals surface area contributed by atoms with Gasteiger partial charge in [0.25, 0.3) is 0 Å². The minimum absolute atomic E-state index is 0.124. The summed E-state index contributed by atoms with van der Waals surface area (Å²) in [6.45, 7) is 5.34. The van der Waals surface area contributed by atoms with Crippen LogP contribution < -0.4 is 4.90 Å². The summed E-state index contributed by atoms with van der Waals surface area (Å²) in [6.07, 6.45) is 2.86. The van der Waals surface area contributed by atoms with Crippen molar-refractivity contribution >= 4 is 40.8 Å². The normalized spacial score (nSPS) is 11.2. The predicted octanol–water partition coefficient (Wildman–Crippen LogP) is 3.78. The monoisotopic (exact) mass is 349 g/mol. The first-order valence-corrected chi connectivity index (χ1v) is 7.99. The van der Waals surface area contributed by atoms with Crippen LogP contribution in [-0.2, 0) is 10.2 Å². The van der Waals surface area contributed by atoms with Crippen LogP contribution in [0.25, 0.3) is 0 Å². The largest absolute Gasteiger partial charge is 0.340 e. The van der Waals surface area contributed by atoms with E-state index in [0.717, 1.165) is 19.4 Å². The molecule has 0 aromatic carbocycles. The lowest BCUT2D eigenvalue weighted by Crippen LogP contribution is -2.29. The summed E-state index contributed by atoms with van der Waals surface area (Å²) in [5.74, 6) is 1.19. The molecule has 0 atom stereocenters. The van der Waals surface area contributed by atoms with Gasteiger partial charge in [0.15, 0.2) is 5.82 Å². The standard InChI is InChI=1S/C13H18Cl3N5/c1-3-6-10-18-11(13(14,15)16)20-12(19-10)21(8-4-2)9-5-7-17/h3-6,8-9H2,1-2H3. The fourth-order valence-corrected chi connectivity index (χ4v) is 2.03. The highest BCUT2D eigenvalue weighted by Gasteiger charge is 2.29. The van der Waals surface area contributed by atoms with Crippen molar-refractivity contribution in [1.29, 1.82) is 5.26 Å². The molecule has 0 fully saturated rings. The van der Waals surface area contributed by atoms with Crippen molar-refractivity contribution in [1.82, 2.24) is 15.0 Å². The zero-order chi connectivity index (χ0) is 15.9. The van der Waals surface area contributed by atoms with Crippen LogP contribution >= 0.6 is 34.8 Å². The maximum Gasteiger partial charge on any atom is 0.250 e. The van der Waals surface area contributed by atoms with E-state index in [-0.39, 0.29) is 5.82 Å². The van der Waals surface area contributed by atoms with Crippen LogP contribution in [0, 0.1) is 11.3 Å². The number of aryl methyl sites for hydroxylation is 1. The molecule has 0 aliphatic heterocycles. The molecule has 0 saturated heterocycles. The molecule has 5 nitrogen and oxygen atoms in total. The fourth-order valence-electron chi connectivity index (χ4n) is 1.78. The lowest BCUT2D eigenvalue weighted by Gasteiger charge is -2.22. The first kappa shape index (κ1) is 18.2. The highest BCUT2D eigenvalue weighted by Crippen LogP contribution is 2.36. The Morgan fingerprint density at radius 3 is 2.33 bits per heavy atom. The van der Waals surface area contributed by atoms with Crippen LogP contribution in [0.4, 0.5) is 5.95 Å². The van der Waals surface area contributed by atoms with Crippen LogP contribution in [0.15, 0.2) is 0 Å². The summed E-state index contributed by atoms with van der Waals surface area (Å²) in [7, 11) is 0. The molecule has 0 saturated carbocycles. The average molecular weight is 351 g/mol. The Balaban J connectivity index is 3.18. The Labute approximate surface area is 140 Å². The van der Waals surface area contributed by atoms with E-state index in [9.17, 15) is 0 Å². The van der Waals surface area contributed by atoms with Crippen molar-refractivity contribution in [2.45, 2.75) is 43.3 Å². The van der Waals surface area contributed by atoms with Crippen molar-refractivity contribution in [3.05, 3.63) is 11.6 Å². The number of aromatic nitrogens is 3. The highest BCUT2D eigenvalue weighted by molar-refractivity contribution is 6.66.